The average molecular weight is 341 g/mol. The average Bonchev–Trinajstić information content (AvgIpc) is 2.61. The summed E-state index contributed by atoms with van der Waals surface area (Å²) in [5.41, 5.74) is 8.19. The number of nitrogens with one attached hydrogen (secondary N) is 2. The van der Waals surface area contributed by atoms with E-state index in [1.807, 2.05) is 19.1 Å². The third kappa shape index (κ3) is 5.32. The Labute approximate surface area is 147 Å². The molecule has 0 radical (unpaired) electrons. The SMILES string of the molecule is COc1cc(NC(=O)CCCN)ccc1NC(=O)c1ccc(C)cc1. The summed E-state index contributed by atoms with van der Waals surface area (Å²) < 4.78 is 5.32. The molecule has 0 heterocycles. The Morgan fingerprint density at radius 3 is 2.44 bits per heavy atom. The van der Waals surface area contributed by atoms with Crippen LogP contribution in [0.3, 0.4) is 0 Å². The minimum atomic E-state index is -0.224. The lowest BCUT2D eigenvalue weighted by molar-refractivity contribution is -0.116. The molecule has 0 aliphatic rings. The van der Waals surface area contributed by atoms with E-state index in [9.17, 15) is 9.59 Å². The second-order valence-electron chi connectivity index (χ2n) is 5.68. The van der Waals surface area contributed by atoms with Crippen LogP contribution in [0.15, 0.2) is 42.5 Å². The van der Waals surface area contributed by atoms with E-state index >= 15 is 0 Å². The lowest BCUT2D eigenvalue weighted by Gasteiger charge is -2.13. The van der Waals surface area contributed by atoms with Gasteiger partial charge in [0.2, 0.25) is 5.91 Å². The molecule has 2 aromatic carbocycles. The molecular weight excluding hydrogens is 318 g/mol. The molecule has 0 aromatic heterocycles. The molecule has 0 aliphatic heterocycles. The van der Waals surface area contributed by atoms with Crippen molar-refractivity contribution in [1.29, 1.82) is 0 Å². The molecule has 0 unspecified atom stereocenters. The molecule has 2 rings (SSSR count). The predicted molar refractivity (Wildman–Crippen MR) is 99.0 cm³/mol. The van der Waals surface area contributed by atoms with Gasteiger partial charge in [-0.1, -0.05) is 17.7 Å². The van der Waals surface area contributed by atoms with Crippen molar-refractivity contribution in [2.45, 2.75) is 19.8 Å². The van der Waals surface area contributed by atoms with Gasteiger partial charge in [-0.05, 0) is 44.2 Å². The molecular formula is C19H23N3O3. The lowest BCUT2D eigenvalue weighted by Crippen LogP contribution is -2.14. The van der Waals surface area contributed by atoms with Crippen LogP contribution in [-0.4, -0.2) is 25.5 Å². The molecule has 2 amide bonds. The molecule has 25 heavy (non-hydrogen) atoms. The van der Waals surface area contributed by atoms with Crippen LogP contribution in [0.4, 0.5) is 11.4 Å². The van der Waals surface area contributed by atoms with Crippen LogP contribution < -0.4 is 21.1 Å². The highest BCUT2D eigenvalue weighted by Crippen LogP contribution is 2.28. The second-order valence-corrected chi connectivity index (χ2v) is 5.68. The molecule has 0 aliphatic carbocycles. The lowest BCUT2D eigenvalue weighted by atomic mass is 10.1. The van der Waals surface area contributed by atoms with Crippen LogP contribution in [0.2, 0.25) is 0 Å². The van der Waals surface area contributed by atoms with Gasteiger partial charge in [-0.3, -0.25) is 9.59 Å². The number of amides is 2. The first-order valence-electron chi connectivity index (χ1n) is 8.09. The van der Waals surface area contributed by atoms with Crippen molar-refractivity contribution >= 4 is 23.2 Å². The molecule has 0 saturated heterocycles. The van der Waals surface area contributed by atoms with Crippen molar-refractivity contribution in [1.82, 2.24) is 0 Å². The van der Waals surface area contributed by atoms with Crippen molar-refractivity contribution in [2.24, 2.45) is 5.73 Å². The normalized spacial score (nSPS) is 10.2. The summed E-state index contributed by atoms with van der Waals surface area (Å²) in [5.74, 6) is 0.138. The first-order valence-corrected chi connectivity index (χ1v) is 8.09. The highest BCUT2D eigenvalue weighted by molar-refractivity contribution is 6.05. The Hall–Kier alpha value is -2.86. The summed E-state index contributed by atoms with van der Waals surface area (Å²) in [6.45, 7) is 2.44. The van der Waals surface area contributed by atoms with Crippen molar-refractivity contribution in [3.8, 4) is 5.75 Å². The van der Waals surface area contributed by atoms with Crippen molar-refractivity contribution in [2.75, 3.05) is 24.3 Å². The fraction of sp³-hybridized carbons (Fsp3) is 0.263. The Morgan fingerprint density at radius 2 is 1.80 bits per heavy atom. The molecule has 132 valence electrons. The van der Waals surface area contributed by atoms with E-state index in [0.29, 0.717) is 42.1 Å². The largest absolute Gasteiger partial charge is 0.494 e. The van der Waals surface area contributed by atoms with Gasteiger partial charge in [-0.15, -0.1) is 0 Å². The maximum atomic E-state index is 12.3. The topological polar surface area (TPSA) is 93.4 Å². The fourth-order valence-electron chi connectivity index (χ4n) is 2.26. The van der Waals surface area contributed by atoms with Gasteiger partial charge in [0.25, 0.3) is 5.91 Å². The third-order valence-electron chi connectivity index (χ3n) is 3.66. The van der Waals surface area contributed by atoms with Gasteiger partial charge in [-0.2, -0.15) is 0 Å². The molecule has 4 N–H and O–H groups in total. The second kappa shape index (κ2) is 8.84. The number of ether oxygens (including phenoxy) is 1. The summed E-state index contributed by atoms with van der Waals surface area (Å²) in [7, 11) is 1.51. The molecule has 2 aromatic rings. The van der Waals surface area contributed by atoms with Gasteiger partial charge in [0.1, 0.15) is 5.75 Å². The standard InChI is InChI=1S/C19H23N3O3/c1-13-5-7-14(8-6-13)19(24)22-16-10-9-15(12-17(16)25-2)21-18(23)4-3-11-20/h5-10,12H,3-4,11,20H2,1-2H3,(H,21,23)(H,22,24). The Balaban J connectivity index is 2.09. The number of hydrogen-bond acceptors (Lipinski definition) is 4. The van der Waals surface area contributed by atoms with Gasteiger partial charge in [0.05, 0.1) is 12.8 Å². The van der Waals surface area contributed by atoms with Crippen molar-refractivity contribution < 1.29 is 14.3 Å². The van der Waals surface area contributed by atoms with E-state index < -0.39 is 0 Å². The Kier molecular flexibility index (Phi) is 6.54. The van der Waals surface area contributed by atoms with E-state index in [4.69, 9.17) is 10.5 Å². The zero-order valence-corrected chi connectivity index (χ0v) is 14.5. The Bertz CT molecular complexity index is 742. The van der Waals surface area contributed by atoms with Crippen LogP contribution in [0.25, 0.3) is 0 Å². The smallest absolute Gasteiger partial charge is 0.255 e. The van der Waals surface area contributed by atoms with Crippen LogP contribution in [-0.2, 0) is 4.79 Å². The third-order valence-corrected chi connectivity index (χ3v) is 3.66. The summed E-state index contributed by atoms with van der Waals surface area (Å²) in [5, 5.41) is 5.60. The molecule has 0 saturated carbocycles. The highest BCUT2D eigenvalue weighted by atomic mass is 16.5. The number of carbonyl (C=O) groups excluding carboxylic acids is 2. The first-order chi connectivity index (χ1) is 12.0. The zero-order valence-electron chi connectivity index (χ0n) is 14.5. The number of methoxy groups -OCH3 is 1. The number of rotatable bonds is 7. The van der Waals surface area contributed by atoms with Gasteiger partial charge in [-0.25, -0.2) is 0 Å². The van der Waals surface area contributed by atoms with E-state index in [0.717, 1.165) is 5.56 Å². The van der Waals surface area contributed by atoms with Gasteiger partial charge < -0.3 is 21.1 Å². The molecule has 6 heteroatoms. The molecule has 0 bridgehead atoms. The van der Waals surface area contributed by atoms with E-state index in [1.54, 1.807) is 30.3 Å². The highest BCUT2D eigenvalue weighted by Gasteiger charge is 2.11. The van der Waals surface area contributed by atoms with E-state index in [1.165, 1.54) is 7.11 Å². The number of benzene rings is 2. The van der Waals surface area contributed by atoms with Crippen LogP contribution in [0.5, 0.6) is 5.75 Å². The van der Waals surface area contributed by atoms with Crippen LogP contribution >= 0.6 is 0 Å². The summed E-state index contributed by atoms with van der Waals surface area (Å²) in [6.07, 6.45) is 0.998. The number of anilines is 2. The zero-order chi connectivity index (χ0) is 18.2. The van der Waals surface area contributed by atoms with Crippen molar-refractivity contribution in [3.05, 3.63) is 53.6 Å². The van der Waals surface area contributed by atoms with E-state index in [-0.39, 0.29) is 11.8 Å². The molecule has 0 spiro atoms. The monoisotopic (exact) mass is 341 g/mol. The number of aryl methyl sites for hydroxylation is 1. The van der Waals surface area contributed by atoms with Crippen molar-refractivity contribution in [3.63, 3.8) is 0 Å². The first kappa shape index (κ1) is 18.5. The van der Waals surface area contributed by atoms with Gasteiger partial charge in [0.15, 0.2) is 0 Å². The summed E-state index contributed by atoms with van der Waals surface area (Å²) >= 11 is 0. The van der Waals surface area contributed by atoms with E-state index in [2.05, 4.69) is 10.6 Å². The minimum absolute atomic E-state index is 0.107. The maximum Gasteiger partial charge on any atom is 0.255 e. The number of nitrogens with two attached hydrogens (primary N) is 1. The van der Waals surface area contributed by atoms with Crippen LogP contribution in [0.1, 0.15) is 28.8 Å². The fourth-order valence-corrected chi connectivity index (χ4v) is 2.26. The molecule has 0 atom stereocenters. The Morgan fingerprint density at radius 1 is 1.08 bits per heavy atom. The minimum Gasteiger partial charge on any atom is -0.494 e. The van der Waals surface area contributed by atoms with Gasteiger partial charge >= 0.3 is 0 Å². The number of hydrogen-bond donors (Lipinski definition) is 3. The predicted octanol–water partition coefficient (Wildman–Crippen LogP) is 2.93. The quantitative estimate of drug-likeness (QED) is 0.722. The van der Waals surface area contributed by atoms with Gasteiger partial charge in [0, 0.05) is 23.7 Å². The summed E-state index contributed by atoms with van der Waals surface area (Å²) in [4.78, 5) is 24.1. The summed E-state index contributed by atoms with van der Waals surface area (Å²) in [6, 6.07) is 12.4. The maximum absolute atomic E-state index is 12.3. The molecule has 0 fully saturated rings. The van der Waals surface area contributed by atoms with Crippen LogP contribution in [0, 0.1) is 6.92 Å². The number of carbonyl (C=O) groups is 2. The molecule has 6 nitrogen and oxygen atoms in total.